The Hall–Kier alpha value is -1.36. The maximum Gasteiger partial charge on any atom is 0.239 e. The molecule has 0 spiro atoms. The number of hydrogen-bond donors (Lipinski definition) is 1. The number of carbonyl (C=O) groups is 1. The minimum absolute atomic E-state index is 0.0392. The average Bonchev–Trinajstić information content (AvgIpc) is 3.08. The summed E-state index contributed by atoms with van der Waals surface area (Å²) in [6.45, 7) is 6.11. The second-order valence-electron chi connectivity index (χ2n) is 6.34. The molecule has 1 aromatic heterocycles. The van der Waals surface area contributed by atoms with Crippen LogP contribution in [0.3, 0.4) is 0 Å². The summed E-state index contributed by atoms with van der Waals surface area (Å²) in [5, 5.41) is 3.36. The lowest BCUT2D eigenvalue weighted by atomic mass is 10.1. The van der Waals surface area contributed by atoms with Gasteiger partial charge in [-0.15, -0.1) is 0 Å². The Bertz CT molecular complexity index is 508. The van der Waals surface area contributed by atoms with Gasteiger partial charge in [0.1, 0.15) is 16.8 Å². The number of anilines is 1. The van der Waals surface area contributed by atoms with Gasteiger partial charge in [0.2, 0.25) is 5.91 Å². The molecule has 5 nitrogen and oxygen atoms in total. The summed E-state index contributed by atoms with van der Waals surface area (Å²) in [6, 6.07) is 1.69. The van der Waals surface area contributed by atoms with Gasteiger partial charge in [-0.3, -0.25) is 4.79 Å². The average molecular weight is 297 g/mol. The van der Waals surface area contributed by atoms with Crippen LogP contribution < -0.4 is 10.2 Å². The van der Waals surface area contributed by atoms with Gasteiger partial charge in [-0.1, -0.05) is 11.6 Å². The highest BCUT2D eigenvalue weighted by molar-refractivity contribution is 6.29. The van der Waals surface area contributed by atoms with Gasteiger partial charge in [-0.05, 0) is 33.6 Å². The van der Waals surface area contributed by atoms with Crippen molar-refractivity contribution in [3.05, 3.63) is 17.0 Å². The molecule has 0 saturated heterocycles. The Kier molecular flexibility index (Phi) is 4.18. The van der Waals surface area contributed by atoms with Gasteiger partial charge >= 0.3 is 0 Å². The monoisotopic (exact) mass is 296 g/mol. The maximum absolute atomic E-state index is 11.9. The van der Waals surface area contributed by atoms with E-state index in [0.29, 0.717) is 16.9 Å². The highest BCUT2D eigenvalue weighted by atomic mass is 35.5. The molecule has 1 aliphatic carbocycles. The van der Waals surface area contributed by atoms with Crippen LogP contribution in [-0.4, -0.2) is 35.0 Å². The van der Waals surface area contributed by atoms with Crippen molar-refractivity contribution in [1.29, 1.82) is 0 Å². The van der Waals surface area contributed by atoms with E-state index in [4.69, 9.17) is 11.6 Å². The van der Waals surface area contributed by atoms with Crippen LogP contribution in [0.1, 0.15) is 45.4 Å². The third-order valence-electron chi connectivity index (χ3n) is 2.93. The van der Waals surface area contributed by atoms with Crippen molar-refractivity contribution in [1.82, 2.24) is 15.3 Å². The number of nitrogens with zero attached hydrogens (tertiary/aromatic N) is 3. The van der Waals surface area contributed by atoms with Gasteiger partial charge < -0.3 is 10.2 Å². The number of carbonyl (C=O) groups excluding carboxylic acids is 1. The molecule has 0 atom stereocenters. The summed E-state index contributed by atoms with van der Waals surface area (Å²) < 4.78 is 0. The number of hydrogen-bond acceptors (Lipinski definition) is 4. The Balaban J connectivity index is 2.05. The van der Waals surface area contributed by atoms with Crippen molar-refractivity contribution >= 4 is 23.3 Å². The molecule has 110 valence electrons. The molecule has 0 aliphatic heterocycles. The SMILES string of the molecule is CN(CC(=O)NC(C)(C)C)c1cc(Cl)nc(C2CC2)n1. The third-order valence-corrected chi connectivity index (χ3v) is 3.12. The Labute approximate surface area is 124 Å². The summed E-state index contributed by atoms with van der Waals surface area (Å²) in [5.74, 6) is 1.87. The van der Waals surface area contributed by atoms with Crippen LogP contribution in [0, 0.1) is 0 Å². The van der Waals surface area contributed by atoms with E-state index in [9.17, 15) is 4.79 Å². The van der Waals surface area contributed by atoms with Gasteiger partial charge in [0.25, 0.3) is 0 Å². The second kappa shape index (κ2) is 5.56. The van der Waals surface area contributed by atoms with Crippen LogP contribution in [0.15, 0.2) is 6.07 Å². The number of likely N-dealkylation sites (N-methyl/N-ethyl adjacent to an activating group) is 1. The van der Waals surface area contributed by atoms with Crippen molar-refractivity contribution in [3.8, 4) is 0 Å². The lowest BCUT2D eigenvalue weighted by Gasteiger charge is -2.24. The maximum atomic E-state index is 11.9. The molecule has 1 aliphatic rings. The van der Waals surface area contributed by atoms with Crippen LogP contribution in [0.25, 0.3) is 0 Å². The minimum atomic E-state index is -0.236. The molecular weight excluding hydrogens is 276 g/mol. The molecule has 1 N–H and O–H groups in total. The van der Waals surface area contributed by atoms with Crippen LogP contribution in [0.4, 0.5) is 5.82 Å². The summed E-state index contributed by atoms with van der Waals surface area (Å²) >= 11 is 6.03. The molecule has 1 aromatic rings. The first-order chi connectivity index (χ1) is 9.24. The normalized spacial score (nSPS) is 15.1. The fourth-order valence-corrected chi connectivity index (χ4v) is 2.08. The smallest absolute Gasteiger partial charge is 0.239 e. The minimum Gasteiger partial charge on any atom is -0.350 e. The molecular formula is C14H21ClN4O. The summed E-state index contributed by atoms with van der Waals surface area (Å²) in [5.41, 5.74) is -0.236. The van der Waals surface area contributed by atoms with Crippen LogP contribution in [-0.2, 0) is 4.79 Å². The number of rotatable bonds is 4. The predicted octanol–water partition coefficient (Wildman–Crippen LogP) is 2.36. The molecule has 0 radical (unpaired) electrons. The number of halogens is 1. The van der Waals surface area contributed by atoms with Gasteiger partial charge in [0.05, 0.1) is 6.54 Å². The molecule has 0 unspecified atom stereocenters. The van der Waals surface area contributed by atoms with Crippen molar-refractivity contribution in [2.75, 3.05) is 18.5 Å². The molecule has 1 amide bonds. The number of amides is 1. The summed E-state index contributed by atoms with van der Waals surface area (Å²) in [4.78, 5) is 22.5. The molecule has 1 saturated carbocycles. The fraction of sp³-hybridized carbons (Fsp3) is 0.643. The first kappa shape index (κ1) is 15.0. The van der Waals surface area contributed by atoms with Crippen molar-refractivity contribution in [2.24, 2.45) is 0 Å². The topological polar surface area (TPSA) is 58.1 Å². The molecule has 1 heterocycles. The number of aromatic nitrogens is 2. The van der Waals surface area contributed by atoms with Crippen LogP contribution >= 0.6 is 11.6 Å². The standard InChI is InChI=1S/C14H21ClN4O/c1-14(2,3)18-12(20)8-19(4)11-7-10(15)16-13(17-11)9-5-6-9/h7,9H,5-6,8H2,1-4H3,(H,18,20). The van der Waals surface area contributed by atoms with Crippen molar-refractivity contribution < 1.29 is 4.79 Å². The van der Waals surface area contributed by atoms with Crippen LogP contribution in [0.2, 0.25) is 5.15 Å². The summed E-state index contributed by atoms with van der Waals surface area (Å²) in [7, 11) is 1.83. The zero-order valence-electron chi connectivity index (χ0n) is 12.4. The third kappa shape index (κ3) is 4.34. The van der Waals surface area contributed by atoms with Crippen molar-refractivity contribution in [2.45, 2.75) is 45.1 Å². The lowest BCUT2D eigenvalue weighted by Crippen LogP contribution is -2.45. The fourth-order valence-electron chi connectivity index (χ4n) is 1.90. The Morgan fingerprint density at radius 1 is 1.45 bits per heavy atom. The highest BCUT2D eigenvalue weighted by Gasteiger charge is 2.27. The van der Waals surface area contributed by atoms with Gasteiger partial charge in [0.15, 0.2) is 0 Å². The van der Waals surface area contributed by atoms with E-state index in [1.165, 1.54) is 0 Å². The summed E-state index contributed by atoms with van der Waals surface area (Å²) in [6.07, 6.45) is 2.24. The lowest BCUT2D eigenvalue weighted by molar-refractivity contribution is -0.121. The quantitative estimate of drug-likeness (QED) is 0.867. The van der Waals surface area contributed by atoms with E-state index < -0.39 is 0 Å². The van der Waals surface area contributed by atoms with Gasteiger partial charge in [-0.25, -0.2) is 9.97 Å². The van der Waals surface area contributed by atoms with E-state index in [2.05, 4.69) is 15.3 Å². The van der Waals surface area contributed by atoms with E-state index in [1.807, 2.05) is 27.8 Å². The van der Waals surface area contributed by atoms with Crippen LogP contribution in [0.5, 0.6) is 0 Å². The zero-order chi connectivity index (χ0) is 14.9. The van der Waals surface area contributed by atoms with E-state index in [0.717, 1.165) is 18.7 Å². The molecule has 0 bridgehead atoms. The van der Waals surface area contributed by atoms with E-state index >= 15 is 0 Å². The Morgan fingerprint density at radius 2 is 2.10 bits per heavy atom. The highest BCUT2D eigenvalue weighted by Crippen LogP contribution is 2.38. The van der Waals surface area contributed by atoms with Gasteiger partial charge in [-0.2, -0.15) is 0 Å². The first-order valence-electron chi connectivity index (χ1n) is 6.81. The molecule has 20 heavy (non-hydrogen) atoms. The van der Waals surface area contributed by atoms with Gasteiger partial charge in [0, 0.05) is 24.6 Å². The molecule has 1 fully saturated rings. The molecule has 2 rings (SSSR count). The molecule has 0 aromatic carbocycles. The zero-order valence-corrected chi connectivity index (χ0v) is 13.2. The van der Waals surface area contributed by atoms with E-state index in [-0.39, 0.29) is 18.0 Å². The second-order valence-corrected chi connectivity index (χ2v) is 6.72. The van der Waals surface area contributed by atoms with E-state index in [1.54, 1.807) is 11.0 Å². The first-order valence-corrected chi connectivity index (χ1v) is 7.19. The number of nitrogens with one attached hydrogen (secondary N) is 1. The predicted molar refractivity (Wildman–Crippen MR) is 80.2 cm³/mol. The van der Waals surface area contributed by atoms with Crippen molar-refractivity contribution in [3.63, 3.8) is 0 Å². The molecule has 6 heteroatoms. The largest absolute Gasteiger partial charge is 0.350 e. The Morgan fingerprint density at radius 3 is 2.65 bits per heavy atom.